The molecule has 26 heavy (non-hydrogen) atoms. The van der Waals surface area contributed by atoms with Crippen LogP contribution in [0.25, 0.3) is 11.1 Å². The molecule has 1 aliphatic carbocycles. The highest BCUT2D eigenvalue weighted by Crippen LogP contribution is 2.38. The highest BCUT2D eigenvalue weighted by atomic mass is 32.2. The number of aliphatic hydroxyl groups is 1. The Hall–Kier alpha value is -2.49. The van der Waals surface area contributed by atoms with Crippen LogP contribution in [0, 0.1) is 5.92 Å². The van der Waals surface area contributed by atoms with Gasteiger partial charge in [0.05, 0.1) is 28.3 Å². The van der Waals surface area contributed by atoms with Crippen LogP contribution in [0.15, 0.2) is 56.7 Å². The van der Waals surface area contributed by atoms with E-state index in [1.165, 1.54) is 18.2 Å². The van der Waals surface area contributed by atoms with Crippen molar-refractivity contribution in [2.45, 2.75) is 29.9 Å². The molecule has 0 bridgehead atoms. The zero-order valence-corrected chi connectivity index (χ0v) is 14.4. The molecule has 1 unspecified atom stereocenters. The molecular formula is C17H17N3O5S. The lowest BCUT2D eigenvalue weighted by Crippen LogP contribution is -2.41. The van der Waals surface area contributed by atoms with Gasteiger partial charge < -0.3 is 9.52 Å². The minimum absolute atomic E-state index is 0.00597. The molecule has 1 saturated carbocycles. The molecule has 9 heteroatoms. The van der Waals surface area contributed by atoms with Crippen LogP contribution in [-0.2, 0) is 10.0 Å². The molecule has 0 saturated heterocycles. The van der Waals surface area contributed by atoms with Gasteiger partial charge in [0.25, 0.3) is 0 Å². The first-order valence-electron chi connectivity index (χ1n) is 8.16. The molecule has 1 aromatic carbocycles. The Balaban J connectivity index is 1.67. The minimum atomic E-state index is -3.88. The normalized spacial score (nSPS) is 21.4. The first-order valence-corrected chi connectivity index (χ1v) is 9.65. The topological polar surface area (TPSA) is 125 Å². The molecule has 3 aromatic rings. The van der Waals surface area contributed by atoms with Gasteiger partial charge in [-0.2, -0.15) is 0 Å². The van der Waals surface area contributed by atoms with Gasteiger partial charge >= 0.3 is 5.76 Å². The number of rotatable bonds is 5. The third-order valence-electron chi connectivity index (χ3n) is 4.61. The van der Waals surface area contributed by atoms with Gasteiger partial charge in [0.1, 0.15) is 0 Å². The van der Waals surface area contributed by atoms with E-state index in [0.717, 1.165) is 0 Å². The van der Waals surface area contributed by atoms with E-state index in [1.54, 1.807) is 24.4 Å². The predicted molar refractivity (Wildman–Crippen MR) is 92.9 cm³/mol. The summed E-state index contributed by atoms with van der Waals surface area (Å²) in [6.07, 6.45) is 2.21. The highest BCUT2D eigenvalue weighted by Gasteiger charge is 2.37. The standard InChI is InChI=1S/C17H17N3O5S/c21-11-7-10(8-11)16(14-3-1-2-6-18-14)20-26(23,24)12-4-5-13-15(9-12)25-17(22)19-13/h1-6,9-11,16,20-21H,7-8H2,(H,19,22). The zero-order valence-electron chi connectivity index (χ0n) is 13.6. The lowest BCUT2D eigenvalue weighted by atomic mass is 9.76. The molecule has 136 valence electrons. The maximum Gasteiger partial charge on any atom is 0.417 e. The van der Waals surface area contributed by atoms with Crippen LogP contribution in [0.5, 0.6) is 0 Å². The number of benzene rings is 1. The van der Waals surface area contributed by atoms with E-state index in [1.807, 2.05) is 0 Å². The van der Waals surface area contributed by atoms with Gasteiger partial charge in [-0.3, -0.25) is 9.97 Å². The maximum atomic E-state index is 12.9. The summed E-state index contributed by atoms with van der Waals surface area (Å²) in [7, 11) is -3.88. The Morgan fingerprint density at radius 3 is 2.77 bits per heavy atom. The van der Waals surface area contributed by atoms with Crippen LogP contribution in [0.4, 0.5) is 0 Å². The number of H-pyrrole nitrogens is 1. The van der Waals surface area contributed by atoms with E-state index in [0.29, 0.717) is 24.1 Å². The third kappa shape index (κ3) is 3.16. The molecule has 1 atom stereocenters. The van der Waals surface area contributed by atoms with E-state index >= 15 is 0 Å². The van der Waals surface area contributed by atoms with E-state index in [9.17, 15) is 18.3 Å². The predicted octanol–water partition coefficient (Wildman–Crippen LogP) is 1.31. The molecule has 2 aromatic heterocycles. The monoisotopic (exact) mass is 375 g/mol. The van der Waals surface area contributed by atoms with Crippen molar-refractivity contribution < 1.29 is 17.9 Å². The molecule has 1 fully saturated rings. The number of hydrogen-bond donors (Lipinski definition) is 3. The van der Waals surface area contributed by atoms with Gasteiger partial charge in [-0.15, -0.1) is 0 Å². The first kappa shape index (κ1) is 17.0. The molecule has 0 spiro atoms. The van der Waals surface area contributed by atoms with Crippen LogP contribution < -0.4 is 10.5 Å². The van der Waals surface area contributed by atoms with E-state index in [4.69, 9.17) is 4.42 Å². The van der Waals surface area contributed by atoms with Crippen LogP contribution >= 0.6 is 0 Å². The van der Waals surface area contributed by atoms with Gasteiger partial charge in [-0.1, -0.05) is 6.07 Å². The van der Waals surface area contributed by atoms with Crippen molar-refractivity contribution in [1.29, 1.82) is 0 Å². The summed E-state index contributed by atoms with van der Waals surface area (Å²) in [5.41, 5.74) is 1.20. The van der Waals surface area contributed by atoms with Gasteiger partial charge in [-0.05, 0) is 43.0 Å². The van der Waals surface area contributed by atoms with Crippen molar-refractivity contribution in [3.8, 4) is 0 Å². The summed E-state index contributed by atoms with van der Waals surface area (Å²) in [4.78, 5) is 18.0. The lowest BCUT2D eigenvalue weighted by Gasteiger charge is -2.37. The van der Waals surface area contributed by atoms with Crippen molar-refractivity contribution in [2.75, 3.05) is 0 Å². The van der Waals surface area contributed by atoms with Gasteiger partial charge in [-0.25, -0.2) is 17.9 Å². The number of hydrogen-bond acceptors (Lipinski definition) is 6. The molecular weight excluding hydrogens is 358 g/mol. The quantitative estimate of drug-likeness (QED) is 0.617. The van der Waals surface area contributed by atoms with Crippen molar-refractivity contribution >= 4 is 21.1 Å². The number of oxazole rings is 1. The smallest absolute Gasteiger partial charge is 0.408 e. The fourth-order valence-electron chi connectivity index (χ4n) is 3.19. The number of aromatic nitrogens is 2. The first-order chi connectivity index (χ1) is 12.4. The Morgan fingerprint density at radius 1 is 1.27 bits per heavy atom. The molecule has 4 rings (SSSR count). The molecule has 0 amide bonds. The van der Waals surface area contributed by atoms with Gasteiger partial charge in [0, 0.05) is 12.3 Å². The Bertz CT molecular complexity index is 1080. The molecule has 1 aliphatic rings. The molecule has 8 nitrogen and oxygen atoms in total. The summed E-state index contributed by atoms with van der Waals surface area (Å²) >= 11 is 0. The average Bonchev–Trinajstić information content (AvgIpc) is 2.97. The zero-order chi connectivity index (χ0) is 18.3. The van der Waals surface area contributed by atoms with Gasteiger partial charge in [0.15, 0.2) is 5.58 Å². The number of nitrogens with zero attached hydrogens (tertiary/aromatic N) is 1. The fourth-order valence-corrected chi connectivity index (χ4v) is 4.48. The number of nitrogens with one attached hydrogen (secondary N) is 2. The number of pyridine rings is 1. The molecule has 2 heterocycles. The highest BCUT2D eigenvalue weighted by molar-refractivity contribution is 7.89. The van der Waals surface area contributed by atoms with Crippen molar-refractivity contribution in [1.82, 2.24) is 14.7 Å². The number of aliphatic hydroxyl groups excluding tert-OH is 1. The second-order valence-corrected chi connectivity index (χ2v) is 8.13. The van der Waals surface area contributed by atoms with Crippen LogP contribution in [0.2, 0.25) is 0 Å². The summed E-state index contributed by atoms with van der Waals surface area (Å²) in [6, 6.07) is 8.95. The molecule has 0 aliphatic heterocycles. The van der Waals surface area contributed by atoms with E-state index in [2.05, 4.69) is 14.7 Å². The van der Waals surface area contributed by atoms with Gasteiger partial charge in [0.2, 0.25) is 10.0 Å². The maximum absolute atomic E-state index is 12.9. The van der Waals surface area contributed by atoms with E-state index in [-0.39, 0.29) is 16.4 Å². The van der Waals surface area contributed by atoms with Crippen LogP contribution in [0.3, 0.4) is 0 Å². The lowest BCUT2D eigenvalue weighted by molar-refractivity contribution is 0.0273. The van der Waals surface area contributed by atoms with Crippen molar-refractivity contribution in [3.05, 3.63) is 58.8 Å². The Morgan fingerprint density at radius 2 is 2.08 bits per heavy atom. The Kier molecular flexibility index (Phi) is 4.14. The average molecular weight is 375 g/mol. The van der Waals surface area contributed by atoms with E-state index < -0.39 is 27.9 Å². The number of fused-ring (bicyclic) bond motifs is 1. The number of sulfonamides is 1. The molecule has 3 N–H and O–H groups in total. The Labute approximate surface area is 148 Å². The van der Waals surface area contributed by atoms with Crippen LogP contribution in [0.1, 0.15) is 24.6 Å². The summed E-state index contributed by atoms with van der Waals surface area (Å²) in [5, 5.41) is 9.61. The van der Waals surface area contributed by atoms with Crippen LogP contribution in [-0.4, -0.2) is 29.6 Å². The third-order valence-corrected chi connectivity index (χ3v) is 6.05. The second-order valence-electron chi connectivity index (χ2n) is 6.41. The van der Waals surface area contributed by atoms with Crippen molar-refractivity contribution in [3.63, 3.8) is 0 Å². The summed E-state index contributed by atoms with van der Waals surface area (Å²) < 4.78 is 33.3. The fraction of sp³-hybridized carbons (Fsp3) is 0.294. The number of aromatic amines is 1. The summed E-state index contributed by atoms with van der Waals surface area (Å²) in [6.45, 7) is 0. The largest absolute Gasteiger partial charge is 0.417 e. The molecule has 0 radical (unpaired) electrons. The summed E-state index contributed by atoms with van der Waals surface area (Å²) in [5.74, 6) is -0.680. The second kappa shape index (κ2) is 6.35. The minimum Gasteiger partial charge on any atom is -0.408 e. The van der Waals surface area contributed by atoms with Crippen molar-refractivity contribution in [2.24, 2.45) is 5.92 Å². The SMILES string of the molecule is O=c1[nH]c2ccc(S(=O)(=O)NC(c3ccccn3)C3CC(O)C3)cc2o1.